The van der Waals surface area contributed by atoms with Crippen LogP contribution in [0.15, 0.2) is 48.5 Å². The first-order chi connectivity index (χ1) is 12.0. The summed E-state index contributed by atoms with van der Waals surface area (Å²) in [5.41, 5.74) is 0.161. The number of para-hydroxylation sites is 1. The summed E-state index contributed by atoms with van der Waals surface area (Å²) in [7, 11) is 0. The second-order valence-electron chi connectivity index (χ2n) is 5.33. The van der Waals surface area contributed by atoms with Crippen molar-refractivity contribution < 1.29 is 23.1 Å². The van der Waals surface area contributed by atoms with E-state index in [1.165, 1.54) is 6.07 Å². The van der Waals surface area contributed by atoms with Gasteiger partial charge in [-0.1, -0.05) is 24.3 Å². The molecule has 0 aliphatic carbocycles. The van der Waals surface area contributed by atoms with Gasteiger partial charge in [-0.25, -0.2) is 8.78 Å². The fourth-order valence-electron chi connectivity index (χ4n) is 2.12. The van der Waals surface area contributed by atoms with Crippen molar-refractivity contribution in [2.24, 2.45) is 0 Å². The topological polar surface area (TPSA) is 67.4 Å². The van der Waals surface area contributed by atoms with E-state index in [2.05, 4.69) is 10.6 Å². The van der Waals surface area contributed by atoms with Crippen molar-refractivity contribution in [1.29, 1.82) is 0 Å². The quantitative estimate of drug-likeness (QED) is 0.807. The lowest BCUT2D eigenvalue weighted by Crippen LogP contribution is -2.39. The number of carbonyl (C=O) groups excluding carboxylic acids is 2. The molecule has 0 heterocycles. The molecule has 0 bridgehead atoms. The molecule has 7 heteroatoms. The average Bonchev–Trinajstić information content (AvgIpc) is 2.59. The van der Waals surface area contributed by atoms with Crippen molar-refractivity contribution in [3.8, 4) is 5.75 Å². The third-order valence-electron chi connectivity index (χ3n) is 3.37. The highest BCUT2D eigenvalue weighted by molar-refractivity contribution is 5.85. The van der Waals surface area contributed by atoms with Crippen LogP contribution in [0.2, 0.25) is 0 Å². The van der Waals surface area contributed by atoms with E-state index < -0.39 is 29.5 Å². The van der Waals surface area contributed by atoms with E-state index in [9.17, 15) is 18.4 Å². The lowest BCUT2D eigenvalue weighted by atomic mass is 10.1. The van der Waals surface area contributed by atoms with E-state index in [1.54, 1.807) is 31.2 Å². The van der Waals surface area contributed by atoms with Crippen molar-refractivity contribution in [2.75, 3.05) is 13.2 Å². The maximum absolute atomic E-state index is 13.6. The minimum absolute atomic E-state index is 0.161. The lowest BCUT2D eigenvalue weighted by molar-refractivity contribution is -0.127. The number of hydrogen-bond donors (Lipinski definition) is 2. The molecule has 5 nitrogen and oxygen atoms in total. The molecule has 0 saturated heterocycles. The number of ether oxygens (including phenoxy) is 1. The van der Waals surface area contributed by atoms with Gasteiger partial charge in [0.25, 0.3) is 5.91 Å². The van der Waals surface area contributed by atoms with Crippen LogP contribution in [0.25, 0.3) is 0 Å². The predicted molar refractivity (Wildman–Crippen MR) is 87.9 cm³/mol. The van der Waals surface area contributed by atoms with Crippen LogP contribution < -0.4 is 15.4 Å². The molecule has 0 aliphatic heterocycles. The Bertz CT molecular complexity index is 738. The summed E-state index contributed by atoms with van der Waals surface area (Å²) >= 11 is 0. The van der Waals surface area contributed by atoms with Gasteiger partial charge in [-0.3, -0.25) is 9.59 Å². The predicted octanol–water partition coefficient (Wildman–Crippen LogP) is 2.34. The number of rotatable bonds is 7. The normalized spacial score (nSPS) is 11.5. The van der Waals surface area contributed by atoms with Crippen LogP contribution in [0.4, 0.5) is 8.78 Å². The zero-order chi connectivity index (χ0) is 18.2. The van der Waals surface area contributed by atoms with Crippen LogP contribution in [-0.2, 0) is 9.59 Å². The molecule has 2 aromatic rings. The van der Waals surface area contributed by atoms with Crippen molar-refractivity contribution in [3.63, 3.8) is 0 Å². The number of benzene rings is 2. The molecule has 0 aliphatic rings. The molecule has 1 atom stereocenters. The number of amides is 2. The summed E-state index contributed by atoms with van der Waals surface area (Å²) in [6.07, 6.45) is 0. The monoisotopic (exact) mass is 348 g/mol. The molecule has 25 heavy (non-hydrogen) atoms. The Balaban J connectivity index is 1.75. The molecule has 0 aromatic heterocycles. The highest BCUT2D eigenvalue weighted by Crippen LogP contribution is 2.17. The van der Waals surface area contributed by atoms with E-state index in [-0.39, 0.29) is 18.7 Å². The second kappa shape index (κ2) is 8.77. The Morgan fingerprint density at radius 2 is 1.80 bits per heavy atom. The Hall–Kier alpha value is -2.96. The minimum Gasteiger partial charge on any atom is -0.484 e. The molecule has 0 unspecified atom stereocenters. The summed E-state index contributed by atoms with van der Waals surface area (Å²) in [5.74, 6) is -1.84. The van der Waals surface area contributed by atoms with Crippen molar-refractivity contribution >= 4 is 11.8 Å². The highest BCUT2D eigenvalue weighted by atomic mass is 19.1. The van der Waals surface area contributed by atoms with Crippen LogP contribution in [0.3, 0.4) is 0 Å². The smallest absolute Gasteiger partial charge is 0.258 e. The Kier molecular flexibility index (Phi) is 6.45. The van der Waals surface area contributed by atoms with E-state index >= 15 is 0 Å². The fraction of sp³-hybridized carbons (Fsp3) is 0.222. The van der Waals surface area contributed by atoms with Gasteiger partial charge >= 0.3 is 0 Å². The molecular formula is C18H18F2N2O3. The summed E-state index contributed by atoms with van der Waals surface area (Å²) in [6, 6.07) is 11.3. The van der Waals surface area contributed by atoms with Gasteiger partial charge in [-0.15, -0.1) is 0 Å². The number of halogens is 2. The molecule has 0 spiro atoms. The van der Waals surface area contributed by atoms with Crippen LogP contribution in [-0.4, -0.2) is 25.0 Å². The fourth-order valence-corrected chi connectivity index (χ4v) is 2.12. The zero-order valence-corrected chi connectivity index (χ0v) is 13.6. The third kappa shape index (κ3) is 5.87. The van der Waals surface area contributed by atoms with E-state index in [4.69, 9.17) is 4.74 Å². The Morgan fingerprint density at radius 1 is 1.08 bits per heavy atom. The third-order valence-corrected chi connectivity index (χ3v) is 3.37. The zero-order valence-electron chi connectivity index (χ0n) is 13.6. The van der Waals surface area contributed by atoms with Gasteiger partial charge < -0.3 is 15.4 Å². The molecule has 2 aromatic carbocycles. The minimum atomic E-state index is -0.743. The number of carbonyl (C=O) groups is 2. The van der Waals surface area contributed by atoms with Gasteiger partial charge in [0.15, 0.2) is 6.61 Å². The maximum atomic E-state index is 13.6. The number of nitrogens with one attached hydrogen (secondary N) is 2. The van der Waals surface area contributed by atoms with Gasteiger partial charge in [-0.05, 0) is 25.1 Å². The van der Waals surface area contributed by atoms with Gasteiger partial charge in [0.2, 0.25) is 5.91 Å². The summed E-state index contributed by atoms with van der Waals surface area (Å²) < 4.78 is 31.8. The SMILES string of the molecule is C[C@H](NC(=O)CNC(=O)COc1ccccc1)c1ccc(F)cc1F. The molecule has 2 rings (SSSR count). The molecule has 2 N–H and O–H groups in total. The standard InChI is InChI=1S/C18H18F2N2O3/c1-12(15-8-7-13(19)9-16(15)20)22-17(23)10-21-18(24)11-25-14-5-3-2-4-6-14/h2-9,12H,10-11H2,1H3,(H,21,24)(H,22,23)/t12-/m0/s1. The maximum Gasteiger partial charge on any atom is 0.258 e. The van der Waals surface area contributed by atoms with E-state index in [0.717, 1.165) is 12.1 Å². The highest BCUT2D eigenvalue weighted by Gasteiger charge is 2.15. The van der Waals surface area contributed by atoms with E-state index in [1.807, 2.05) is 6.07 Å². The first kappa shape index (κ1) is 18.4. The molecular weight excluding hydrogens is 330 g/mol. The van der Waals surface area contributed by atoms with Gasteiger partial charge in [-0.2, -0.15) is 0 Å². The van der Waals surface area contributed by atoms with Gasteiger partial charge in [0.05, 0.1) is 12.6 Å². The summed E-state index contributed by atoms with van der Waals surface area (Å²) in [4.78, 5) is 23.5. The Morgan fingerprint density at radius 3 is 2.48 bits per heavy atom. The van der Waals surface area contributed by atoms with Gasteiger partial charge in [0, 0.05) is 11.6 Å². The molecule has 2 amide bonds. The summed E-state index contributed by atoms with van der Waals surface area (Å²) in [6.45, 7) is 1.07. The molecule has 0 fully saturated rings. The first-order valence-electron chi connectivity index (χ1n) is 7.64. The Labute approximate surface area is 144 Å². The van der Waals surface area contributed by atoms with Crippen LogP contribution >= 0.6 is 0 Å². The van der Waals surface area contributed by atoms with E-state index in [0.29, 0.717) is 5.75 Å². The summed E-state index contributed by atoms with van der Waals surface area (Å²) in [5, 5.41) is 4.93. The number of hydrogen-bond acceptors (Lipinski definition) is 3. The van der Waals surface area contributed by atoms with Gasteiger partial charge in [0.1, 0.15) is 17.4 Å². The molecule has 0 radical (unpaired) electrons. The lowest BCUT2D eigenvalue weighted by Gasteiger charge is -2.15. The largest absolute Gasteiger partial charge is 0.484 e. The van der Waals surface area contributed by atoms with Crippen molar-refractivity contribution in [3.05, 3.63) is 65.7 Å². The van der Waals surface area contributed by atoms with Crippen LogP contribution in [0.1, 0.15) is 18.5 Å². The molecule has 132 valence electrons. The molecule has 0 saturated carbocycles. The first-order valence-corrected chi connectivity index (χ1v) is 7.64. The second-order valence-corrected chi connectivity index (χ2v) is 5.33. The average molecular weight is 348 g/mol. The van der Waals surface area contributed by atoms with Crippen molar-refractivity contribution in [1.82, 2.24) is 10.6 Å². The van der Waals surface area contributed by atoms with Crippen LogP contribution in [0, 0.1) is 11.6 Å². The van der Waals surface area contributed by atoms with Crippen LogP contribution in [0.5, 0.6) is 5.75 Å². The van der Waals surface area contributed by atoms with Crippen molar-refractivity contribution in [2.45, 2.75) is 13.0 Å².